The van der Waals surface area contributed by atoms with Gasteiger partial charge in [0.2, 0.25) is 0 Å². The van der Waals surface area contributed by atoms with Crippen molar-refractivity contribution in [1.82, 2.24) is 0 Å². The molecular formula is C16H13FO3. The van der Waals surface area contributed by atoms with Crippen molar-refractivity contribution < 1.29 is 19.0 Å². The second kappa shape index (κ2) is 6.02. The Morgan fingerprint density at radius 2 is 2.00 bits per heavy atom. The third-order valence-electron chi connectivity index (χ3n) is 2.79. The van der Waals surface area contributed by atoms with E-state index in [4.69, 9.17) is 4.74 Å². The highest BCUT2D eigenvalue weighted by Crippen LogP contribution is 2.24. The summed E-state index contributed by atoms with van der Waals surface area (Å²) in [7, 11) is 1.47. The monoisotopic (exact) mass is 272 g/mol. The summed E-state index contributed by atoms with van der Waals surface area (Å²) in [6.07, 6.45) is 2.60. The average Bonchev–Trinajstić information content (AvgIpc) is 2.46. The Bertz CT molecular complexity index is 663. The van der Waals surface area contributed by atoms with Gasteiger partial charge in [0.1, 0.15) is 17.3 Å². The number of ketones is 1. The molecule has 0 aromatic heterocycles. The van der Waals surface area contributed by atoms with Gasteiger partial charge in [0.25, 0.3) is 0 Å². The fraction of sp³-hybridized carbons (Fsp3) is 0.0625. The van der Waals surface area contributed by atoms with Crippen LogP contribution in [0.1, 0.15) is 15.9 Å². The summed E-state index contributed by atoms with van der Waals surface area (Å²) in [6, 6.07) is 10.5. The Balaban J connectivity index is 2.22. The molecule has 0 aliphatic carbocycles. The molecule has 0 bridgehead atoms. The lowest BCUT2D eigenvalue weighted by molar-refractivity contribution is 0.104. The van der Waals surface area contributed by atoms with E-state index in [1.807, 2.05) is 0 Å². The maximum absolute atomic E-state index is 13.4. The first kappa shape index (κ1) is 13.8. The van der Waals surface area contributed by atoms with E-state index in [0.717, 1.165) is 0 Å². The lowest BCUT2D eigenvalue weighted by Crippen LogP contribution is -1.95. The quantitative estimate of drug-likeness (QED) is 0.685. The van der Waals surface area contributed by atoms with Crippen LogP contribution < -0.4 is 4.74 Å². The SMILES string of the molecule is COc1ccc(C(=O)/C=C/c2ccccc2F)c(O)c1. The molecule has 0 aliphatic rings. The Labute approximate surface area is 115 Å². The van der Waals surface area contributed by atoms with Crippen LogP contribution >= 0.6 is 0 Å². The second-order valence-corrected chi connectivity index (χ2v) is 4.10. The van der Waals surface area contributed by atoms with Gasteiger partial charge in [-0.2, -0.15) is 0 Å². The Hall–Kier alpha value is -2.62. The van der Waals surface area contributed by atoms with Gasteiger partial charge in [0, 0.05) is 11.6 Å². The number of halogens is 1. The summed E-state index contributed by atoms with van der Waals surface area (Å²) in [5, 5.41) is 9.74. The molecule has 1 N–H and O–H groups in total. The first-order valence-corrected chi connectivity index (χ1v) is 5.96. The number of aromatic hydroxyl groups is 1. The summed E-state index contributed by atoms with van der Waals surface area (Å²) in [5.41, 5.74) is 0.451. The zero-order valence-electron chi connectivity index (χ0n) is 10.8. The number of hydrogen-bond acceptors (Lipinski definition) is 3. The molecule has 0 unspecified atom stereocenters. The third kappa shape index (κ3) is 3.03. The molecule has 4 heteroatoms. The van der Waals surface area contributed by atoms with E-state index >= 15 is 0 Å². The number of phenolic OH excluding ortho intramolecular Hbond substituents is 1. The minimum absolute atomic E-state index is 0.137. The van der Waals surface area contributed by atoms with Crippen molar-refractivity contribution in [2.45, 2.75) is 0 Å². The van der Waals surface area contributed by atoms with Crippen molar-refractivity contribution in [3.05, 3.63) is 65.5 Å². The van der Waals surface area contributed by atoms with Crippen LogP contribution in [0, 0.1) is 5.82 Å². The second-order valence-electron chi connectivity index (χ2n) is 4.10. The van der Waals surface area contributed by atoms with Gasteiger partial charge in [-0.1, -0.05) is 18.2 Å². The van der Waals surface area contributed by atoms with Crippen LogP contribution in [0.4, 0.5) is 4.39 Å². The van der Waals surface area contributed by atoms with Gasteiger partial charge in [0.05, 0.1) is 12.7 Å². The summed E-state index contributed by atoms with van der Waals surface area (Å²) < 4.78 is 18.3. The van der Waals surface area contributed by atoms with Gasteiger partial charge in [0.15, 0.2) is 5.78 Å². The molecule has 0 spiro atoms. The van der Waals surface area contributed by atoms with Gasteiger partial charge in [-0.05, 0) is 30.4 Å². The molecule has 2 aromatic carbocycles. The fourth-order valence-electron chi connectivity index (χ4n) is 1.71. The maximum atomic E-state index is 13.4. The highest BCUT2D eigenvalue weighted by molar-refractivity contribution is 6.08. The zero-order chi connectivity index (χ0) is 14.5. The predicted molar refractivity (Wildman–Crippen MR) is 74.4 cm³/mol. The van der Waals surface area contributed by atoms with Crippen LogP contribution in [0.3, 0.4) is 0 Å². The van der Waals surface area contributed by atoms with Crippen molar-refractivity contribution in [3.63, 3.8) is 0 Å². The number of methoxy groups -OCH3 is 1. The highest BCUT2D eigenvalue weighted by atomic mass is 19.1. The molecule has 20 heavy (non-hydrogen) atoms. The highest BCUT2D eigenvalue weighted by Gasteiger charge is 2.09. The van der Waals surface area contributed by atoms with E-state index in [1.165, 1.54) is 37.5 Å². The summed E-state index contributed by atoms with van der Waals surface area (Å²) in [5.74, 6) is -0.534. The lowest BCUT2D eigenvalue weighted by Gasteiger charge is -2.04. The summed E-state index contributed by atoms with van der Waals surface area (Å²) in [6.45, 7) is 0. The molecule has 2 rings (SSSR count). The van der Waals surface area contributed by atoms with E-state index in [9.17, 15) is 14.3 Å². The van der Waals surface area contributed by atoms with Crippen molar-refractivity contribution in [2.75, 3.05) is 7.11 Å². The summed E-state index contributed by atoms with van der Waals surface area (Å²) in [4.78, 5) is 11.9. The van der Waals surface area contributed by atoms with E-state index in [1.54, 1.807) is 24.3 Å². The Kier molecular flexibility index (Phi) is 4.15. The van der Waals surface area contributed by atoms with Gasteiger partial charge in [-0.25, -0.2) is 4.39 Å². The first-order chi connectivity index (χ1) is 9.61. The number of benzene rings is 2. The van der Waals surface area contributed by atoms with Crippen LogP contribution in [0.2, 0.25) is 0 Å². The molecule has 0 atom stereocenters. The van der Waals surface area contributed by atoms with Crippen molar-refractivity contribution >= 4 is 11.9 Å². The molecule has 0 fully saturated rings. The van der Waals surface area contributed by atoms with Crippen molar-refractivity contribution in [2.24, 2.45) is 0 Å². The molecule has 0 heterocycles. The topological polar surface area (TPSA) is 46.5 Å². The molecular weight excluding hydrogens is 259 g/mol. The smallest absolute Gasteiger partial charge is 0.189 e. The Morgan fingerprint density at radius 3 is 2.65 bits per heavy atom. The maximum Gasteiger partial charge on any atom is 0.189 e. The summed E-state index contributed by atoms with van der Waals surface area (Å²) >= 11 is 0. The van der Waals surface area contributed by atoms with E-state index in [0.29, 0.717) is 11.3 Å². The van der Waals surface area contributed by atoms with E-state index < -0.39 is 11.6 Å². The number of rotatable bonds is 4. The molecule has 102 valence electrons. The standard InChI is InChI=1S/C16H13FO3/c1-20-12-7-8-13(16(19)10-12)15(18)9-6-11-4-2-3-5-14(11)17/h2-10,19H,1H3/b9-6+. The van der Waals surface area contributed by atoms with Gasteiger partial charge < -0.3 is 9.84 Å². The predicted octanol–water partition coefficient (Wildman–Crippen LogP) is 3.44. The minimum Gasteiger partial charge on any atom is -0.507 e. The molecule has 2 aromatic rings. The molecule has 0 aliphatic heterocycles. The molecule has 0 amide bonds. The number of ether oxygens (including phenoxy) is 1. The average molecular weight is 272 g/mol. The fourth-order valence-corrected chi connectivity index (χ4v) is 1.71. The van der Waals surface area contributed by atoms with Gasteiger partial charge in [-0.15, -0.1) is 0 Å². The third-order valence-corrected chi connectivity index (χ3v) is 2.79. The minimum atomic E-state index is -0.409. The lowest BCUT2D eigenvalue weighted by atomic mass is 10.1. The number of allylic oxidation sites excluding steroid dienone is 1. The van der Waals surface area contributed by atoms with Crippen LogP contribution in [0.15, 0.2) is 48.5 Å². The molecule has 0 saturated carbocycles. The number of hydrogen-bond donors (Lipinski definition) is 1. The van der Waals surface area contributed by atoms with Crippen LogP contribution in [-0.2, 0) is 0 Å². The van der Waals surface area contributed by atoms with E-state index in [2.05, 4.69) is 0 Å². The first-order valence-electron chi connectivity index (χ1n) is 5.96. The van der Waals surface area contributed by atoms with Gasteiger partial charge >= 0.3 is 0 Å². The number of carbonyl (C=O) groups is 1. The zero-order valence-corrected chi connectivity index (χ0v) is 10.8. The number of phenols is 1. The van der Waals surface area contributed by atoms with Crippen molar-refractivity contribution in [1.29, 1.82) is 0 Å². The Morgan fingerprint density at radius 1 is 1.25 bits per heavy atom. The number of carbonyl (C=O) groups excluding carboxylic acids is 1. The van der Waals surface area contributed by atoms with Crippen LogP contribution in [0.5, 0.6) is 11.5 Å². The normalized spacial score (nSPS) is 10.7. The van der Waals surface area contributed by atoms with Crippen LogP contribution in [0.25, 0.3) is 6.08 Å². The molecule has 0 saturated heterocycles. The van der Waals surface area contributed by atoms with Gasteiger partial charge in [-0.3, -0.25) is 4.79 Å². The molecule has 3 nitrogen and oxygen atoms in total. The largest absolute Gasteiger partial charge is 0.507 e. The van der Waals surface area contributed by atoms with E-state index in [-0.39, 0.29) is 11.3 Å². The molecule has 0 radical (unpaired) electrons. The van der Waals surface area contributed by atoms with Crippen LogP contribution in [-0.4, -0.2) is 18.0 Å². The van der Waals surface area contributed by atoms with Crippen molar-refractivity contribution in [3.8, 4) is 11.5 Å².